The molecule has 0 aliphatic carbocycles. The predicted molar refractivity (Wildman–Crippen MR) is 83.6 cm³/mol. The molecule has 1 atom stereocenters. The normalized spacial score (nSPS) is 12.2. The molecule has 1 aromatic rings. The SMILES string of the molecule is CCCNC(CSc1ccccc1Br)C(=O)OCC. The Hall–Kier alpha value is -0.520. The Labute approximate surface area is 127 Å². The minimum absolute atomic E-state index is 0.171. The molecule has 19 heavy (non-hydrogen) atoms. The zero-order valence-corrected chi connectivity index (χ0v) is 13.7. The standard InChI is InChI=1S/C14H20BrNO2S/c1-3-9-16-12(14(17)18-4-2)10-19-13-8-6-5-7-11(13)15/h5-8,12,16H,3-4,9-10H2,1-2H3. The first-order valence-electron chi connectivity index (χ1n) is 6.46. The summed E-state index contributed by atoms with van der Waals surface area (Å²) in [6.45, 7) is 5.15. The van der Waals surface area contributed by atoms with E-state index in [9.17, 15) is 4.79 Å². The Morgan fingerprint density at radius 1 is 1.42 bits per heavy atom. The molecule has 1 N–H and O–H groups in total. The number of carbonyl (C=O) groups excluding carboxylic acids is 1. The number of carbonyl (C=O) groups is 1. The average molecular weight is 346 g/mol. The van der Waals surface area contributed by atoms with Crippen molar-refractivity contribution < 1.29 is 9.53 Å². The fourth-order valence-corrected chi connectivity index (χ4v) is 3.12. The Balaban J connectivity index is 2.57. The van der Waals surface area contributed by atoms with Crippen molar-refractivity contribution in [2.75, 3.05) is 18.9 Å². The van der Waals surface area contributed by atoms with Gasteiger partial charge in [-0.05, 0) is 48.0 Å². The van der Waals surface area contributed by atoms with Gasteiger partial charge in [0.2, 0.25) is 0 Å². The number of halogens is 1. The predicted octanol–water partition coefficient (Wildman–Crippen LogP) is 3.47. The van der Waals surface area contributed by atoms with Crippen LogP contribution in [0, 0.1) is 0 Å². The summed E-state index contributed by atoms with van der Waals surface area (Å²) in [5, 5.41) is 3.23. The van der Waals surface area contributed by atoms with Crippen molar-refractivity contribution in [1.82, 2.24) is 5.32 Å². The molecule has 0 aliphatic heterocycles. The molecule has 0 aromatic heterocycles. The third-order valence-electron chi connectivity index (χ3n) is 2.45. The molecular formula is C14H20BrNO2S. The second kappa shape index (κ2) is 9.39. The van der Waals surface area contributed by atoms with Crippen LogP contribution in [0.25, 0.3) is 0 Å². The van der Waals surface area contributed by atoms with Crippen LogP contribution in [-0.4, -0.2) is 30.9 Å². The summed E-state index contributed by atoms with van der Waals surface area (Å²) in [6, 6.07) is 7.76. The Morgan fingerprint density at radius 3 is 2.79 bits per heavy atom. The molecule has 0 bridgehead atoms. The summed E-state index contributed by atoms with van der Waals surface area (Å²) in [4.78, 5) is 13.0. The van der Waals surface area contributed by atoms with Gasteiger partial charge in [0.05, 0.1) is 6.61 Å². The van der Waals surface area contributed by atoms with Crippen molar-refractivity contribution in [3.8, 4) is 0 Å². The maximum atomic E-state index is 11.8. The quantitative estimate of drug-likeness (QED) is 0.578. The van der Waals surface area contributed by atoms with Gasteiger partial charge in [-0.3, -0.25) is 4.79 Å². The van der Waals surface area contributed by atoms with E-state index in [1.807, 2.05) is 31.2 Å². The van der Waals surface area contributed by atoms with Crippen LogP contribution in [-0.2, 0) is 9.53 Å². The summed E-state index contributed by atoms with van der Waals surface area (Å²) in [7, 11) is 0. The van der Waals surface area contributed by atoms with Gasteiger partial charge in [0, 0.05) is 15.1 Å². The lowest BCUT2D eigenvalue weighted by Gasteiger charge is -2.16. The molecule has 5 heteroatoms. The van der Waals surface area contributed by atoms with Gasteiger partial charge in [-0.1, -0.05) is 19.1 Å². The number of hydrogen-bond donors (Lipinski definition) is 1. The summed E-state index contributed by atoms with van der Waals surface area (Å²) < 4.78 is 6.15. The van der Waals surface area contributed by atoms with Crippen LogP contribution in [0.1, 0.15) is 20.3 Å². The third kappa shape index (κ3) is 5.97. The molecule has 0 fully saturated rings. The topological polar surface area (TPSA) is 38.3 Å². The number of hydrogen-bond acceptors (Lipinski definition) is 4. The summed E-state index contributed by atoms with van der Waals surface area (Å²) in [5.74, 6) is 0.497. The molecule has 1 unspecified atom stereocenters. The minimum Gasteiger partial charge on any atom is -0.465 e. The van der Waals surface area contributed by atoms with Crippen LogP contribution >= 0.6 is 27.7 Å². The molecule has 3 nitrogen and oxygen atoms in total. The van der Waals surface area contributed by atoms with Crippen molar-refractivity contribution >= 4 is 33.7 Å². The molecule has 0 heterocycles. The van der Waals surface area contributed by atoms with Crippen LogP contribution < -0.4 is 5.32 Å². The summed E-state index contributed by atoms with van der Waals surface area (Å²) in [6.07, 6.45) is 0.996. The number of thioether (sulfide) groups is 1. The smallest absolute Gasteiger partial charge is 0.323 e. The summed E-state index contributed by atoms with van der Waals surface area (Å²) >= 11 is 5.16. The molecule has 1 aromatic carbocycles. The van der Waals surface area contributed by atoms with Crippen LogP contribution in [0.15, 0.2) is 33.6 Å². The maximum absolute atomic E-state index is 11.8. The fourth-order valence-electron chi connectivity index (χ4n) is 1.51. The van der Waals surface area contributed by atoms with Crippen molar-refractivity contribution in [2.45, 2.75) is 31.2 Å². The molecule has 0 spiro atoms. The van der Waals surface area contributed by atoms with Crippen molar-refractivity contribution in [3.63, 3.8) is 0 Å². The Kier molecular flexibility index (Phi) is 8.18. The van der Waals surface area contributed by atoms with E-state index in [1.54, 1.807) is 11.8 Å². The first-order valence-corrected chi connectivity index (χ1v) is 8.24. The second-order valence-corrected chi connectivity index (χ2v) is 5.92. The number of esters is 1. The number of benzene rings is 1. The Bertz CT molecular complexity index is 401. The number of ether oxygens (including phenoxy) is 1. The van der Waals surface area contributed by atoms with Gasteiger partial charge in [-0.15, -0.1) is 11.8 Å². The zero-order chi connectivity index (χ0) is 14.1. The van der Waals surface area contributed by atoms with Gasteiger partial charge in [0.15, 0.2) is 0 Å². The van der Waals surface area contributed by atoms with E-state index in [0.717, 1.165) is 22.3 Å². The molecule has 0 saturated carbocycles. The molecular weight excluding hydrogens is 326 g/mol. The van der Waals surface area contributed by atoms with Gasteiger partial charge >= 0.3 is 5.97 Å². The largest absolute Gasteiger partial charge is 0.465 e. The monoisotopic (exact) mass is 345 g/mol. The van der Waals surface area contributed by atoms with Gasteiger partial charge in [0.25, 0.3) is 0 Å². The highest BCUT2D eigenvalue weighted by Gasteiger charge is 2.19. The first kappa shape index (κ1) is 16.5. The van der Waals surface area contributed by atoms with E-state index in [0.29, 0.717) is 12.4 Å². The van der Waals surface area contributed by atoms with Gasteiger partial charge in [0.1, 0.15) is 6.04 Å². The molecule has 0 amide bonds. The van der Waals surface area contributed by atoms with E-state index in [1.165, 1.54) is 0 Å². The highest BCUT2D eigenvalue weighted by molar-refractivity contribution is 9.10. The van der Waals surface area contributed by atoms with Crippen LogP contribution in [0.3, 0.4) is 0 Å². The fraction of sp³-hybridized carbons (Fsp3) is 0.500. The highest BCUT2D eigenvalue weighted by Crippen LogP contribution is 2.27. The molecule has 0 radical (unpaired) electrons. The van der Waals surface area contributed by atoms with E-state index < -0.39 is 0 Å². The van der Waals surface area contributed by atoms with Crippen molar-refractivity contribution in [2.24, 2.45) is 0 Å². The van der Waals surface area contributed by atoms with Crippen LogP contribution in [0.5, 0.6) is 0 Å². The molecule has 106 valence electrons. The van der Waals surface area contributed by atoms with Crippen LogP contribution in [0.2, 0.25) is 0 Å². The van der Waals surface area contributed by atoms with Crippen LogP contribution in [0.4, 0.5) is 0 Å². The number of rotatable bonds is 8. The molecule has 0 saturated heterocycles. The third-order valence-corrected chi connectivity index (χ3v) is 4.57. The van der Waals surface area contributed by atoms with E-state index in [-0.39, 0.29) is 12.0 Å². The van der Waals surface area contributed by atoms with E-state index in [4.69, 9.17) is 4.74 Å². The minimum atomic E-state index is -0.253. The Morgan fingerprint density at radius 2 is 2.16 bits per heavy atom. The van der Waals surface area contributed by atoms with E-state index in [2.05, 4.69) is 28.2 Å². The lowest BCUT2D eigenvalue weighted by molar-refractivity contribution is -0.144. The van der Waals surface area contributed by atoms with Gasteiger partial charge in [-0.2, -0.15) is 0 Å². The first-order chi connectivity index (χ1) is 9.19. The number of nitrogens with one attached hydrogen (secondary N) is 1. The van der Waals surface area contributed by atoms with E-state index >= 15 is 0 Å². The van der Waals surface area contributed by atoms with Crippen molar-refractivity contribution in [3.05, 3.63) is 28.7 Å². The van der Waals surface area contributed by atoms with Gasteiger partial charge < -0.3 is 10.1 Å². The molecule has 1 rings (SSSR count). The second-order valence-electron chi connectivity index (χ2n) is 4.00. The zero-order valence-electron chi connectivity index (χ0n) is 11.3. The van der Waals surface area contributed by atoms with Gasteiger partial charge in [-0.25, -0.2) is 0 Å². The highest BCUT2D eigenvalue weighted by atomic mass is 79.9. The lowest BCUT2D eigenvalue weighted by Crippen LogP contribution is -2.40. The van der Waals surface area contributed by atoms with Crippen molar-refractivity contribution in [1.29, 1.82) is 0 Å². The molecule has 0 aliphatic rings. The average Bonchev–Trinajstić information content (AvgIpc) is 2.41. The summed E-state index contributed by atoms with van der Waals surface area (Å²) in [5.41, 5.74) is 0. The lowest BCUT2D eigenvalue weighted by atomic mass is 10.3. The maximum Gasteiger partial charge on any atom is 0.323 e.